The van der Waals surface area contributed by atoms with Crippen molar-refractivity contribution >= 4 is 11.8 Å². The molecule has 2 saturated heterocycles. The Morgan fingerprint density at radius 2 is 1.58 bits per heavy atom. The molecule has 0 saturated carbocycles. The first-order valence-corrected chi connectivity index (χ1v) is 9.98. The summed E-state index contributed by atoms with van der Waals surface area (Å²) in [6, 6.07) is 19.3. The fraction of sp³-hybridized carbons (Fsp3) is 0.429. The van der Waals surface area contributed by atoms with Crippen LogP contribution in [-0.2, 0) is 6.54 Å². The molecule has 2 nitrogen and oxygen atoms in total. The number of piperidine rings is 1. The van der Waals surface area contributed by atoms with Crippen LogP contribution < -0.4 is 5.73 Å². The summed E-state index contributed by atoms with van der Waals surface area (Å²) >= 11 is 1.83. The van der Waals surface area contributed by atoms with Crippen LogP contribution in [0.25, 0.3) is 0 Å². The van der Waals surface area contributed by atoms with Gasteiger partial charge >= 0.3 is 0 Å². The maximum Gasteiger partial charge on any atom is 0.0351 e. The molecule has 2 atom stereocenters. The summed E-state index contributed by atoms with van der Waals surface area (Å²) in [7, 11) is 0. The number of hydrogen-bond donors (Lipinski definition) is 1. The van der Waals surface area contributed by atoms with Crippen LogP contribution in [0.4, 0.5) is 0 Å². The van der Waals surface area contributed by atoms with Crippen molar-refractivity contribution in [1.29, 1.82) is 0 Å². The number of nitrogens with zero attached hydrogens (tertiary/aromatic N) is 1. The molecule has 2 N–H and O–H groups in total. The first kappa shape index (κ1) is 16.2. The molecule has 2 heterocycles. The SMILES string of the molecule is NCc1ccc(Sc2ccc(C3CCC4CCCCN43)cc2)cc1. The molecule has 3 heteroatoms. The Kier molecular flexibility index (Phi) is 4.93. The molecule has 2 aliphatic rings. The monoisotopic (exact) mass is 338 g/mol. The van der Waals surface area contributed by atoms with Crippen LogP contribution in [0, 0.1) is 0 Å². The van der Waals surface area contributed by atoms with Crippen LogP contribution in [0.15, 0.2) is 58.3 Å². The normalized spacial score (nSPS) is 24.0. The van der Waals surface area contributed by atoms with Crippen LogP contribution in [0.1, 0.15) is 49.3 Å². The van der Waals surface area contributed by atoms with Crippen LogP contribution in [0.3, 0.4) is 0 Å². The molecule has 0 aliphatic carbocycles. The molecule has 126 valence electrons. The molecule has 2 unspecified atom stereocenters. The van der Waals surface area contributed by atoms with Gasteiger partial charge in [0.15, 0.2) is 0 Å². The van der Waals surface area contributed by atoms with Crippen molar-refractivity contribution in [1.82, 2.24) is 4.90 Å². The molecule has 2 fully saturated rings. The van der Waals surface area contributed by atoms with Crippen LogP contribution in [0.5, 0.6) is 0 Å². The second-order valence-electron chi connectivity index (χ2n) is 7.00. The van der Waals surface area contributed by atoms with E-state index in [2.05, 4.69) is 53.4 Å². The van der Waals surface area contributed by atoms with Crippen molar-refractivity contribution in [3.8, 4) is 0 Å². The van der Waals surface area contributed by atoms with Gasteiger partial charge in [0, 0.05) is 28.4 Å². The van der Waals surface area contributed by atoms with E-state index in [0.29, 0.717) is 12.6 Å². The topological polar surface area (TPSA) is 29.3 Å². The van der Waals surface area contributed by atoms with E-state index in [9.17, 15) is 0 Å². The average Bonchev–Trinajstić information content (AvgIpc) is 3.07. The molecule has 2 aromatic carbocycles. The van der Waals surface area contributed by atoms with E-state index in [0.717, 1.165) is 6.04 Å². The van der Waals surface area contributed by atoms with Gasteiger partial charge < -0.3 is 5.73 Å². The first-order valence-electron chi connectivity index (χ1n) is 9.16. The second kappa shape index (κ2) is 7.30. The fourth-order valence-electron chi connectivity index (χ4n) is 4.21. The van der Waals surface area contributed by atoms with Crippen molar-refractivity contribution in [2.45, 2.75) is 60.5 Å². The van der Waals surface area contributed by atoms with Gasteiger partial charge in [0.2, 0.25) is 0 Å². The van der Waals surface area contributed by atoms with Gasteiger partial charge in [-0.3, -0.25) is 4.90 Å². The van der Waals surface area contributed by atoms with E-state index in [1.807, 2.05) is 11.8 Å². The smallest absolute Gasteiger partial charge is 0.0351 e. The summed E-state index contributed by atoms with van der Waals surface area (Å²) in [6.45, 7) is 1.90. The molecule has 0 radical (unpaired) electrons. The zero-order chi connectivity index (χ0) is 16.4. The van der Waals surface area contributed by atoms with Crippen molar-refractivity contribution < 1.29 is 0 Å². The number of fused-ring (bicyclic) bond motifs is 1. The zero-order valence-electron chi connectivity index (χ0n) is 14.2. The highest BCUT2D eigenvalue weighted by atomic mass is 32.2. The summed E-state index contributed by atoms with van der Waals surface area (Å²) in [5, 5.41) is 0. The Morgan fingerprint density at radius 1 is 0.875 bits per heavy atom. The lowest BCUT2D eigenvalue weighted by Crippen LogP contribution is -2.35. The van der Waals surface area contributed by atoms with E-state index in [1.165, 1.54) is 59.6 Å². The predicted molar refractivity (Wildman–Crippen MR) is 101 cm³/mol. The van der Waals surface area contributed by atoms with Crippen LogP contribution >= 0.6 is 11.8 Å². The predicted octanol–water partition coefficient (Wildman–Crippen LogP) is 4.99. The largest absolute Gasteiger partial charge is 0.326 e. The molecule has 2 aromatic rings. The van der Waals surface area contributed by atoms with Gasteiger partial charge in [0.1, 0.15) is 0 Å². The Bertz CT molecular complexity index is 665. The summed E-state index contributed by atoms with van der Waals surface area (Å²) in [4.78, 5) is 5.35. The summed E-state index contributed by atoms with van der Waals surface area (Å²) in [6.07, 6.45) is 6.92. The molecule has 2 aliphatic heterocycles. The van der Waals surface area contributed by atoms with E-state index in [1.54, 1.807) is 0 Å². The quantitative estimate of drug-likeness (QED) is 0.852. The van der Waals surface area contributed by atoms with Crippen LogP contribution in [-0.4, -0.2) is 17.5 Å². The average molecular weight is 339 g/mol. The molecule has 0 amide bonds. The third kappa shape index (κ3) is 3.39. The minimum absolute atomic E-state index is 0.610. The minimum Gasteiger partial charge on any atom is -0.326 e. The highest BCUT2D eigenvalue weighted by molar-refractivity contribution is 7.99. The van der Waals surface area contributed by atoms with E-state index in [4.69, 9.17) is 5.73 Å². The summed E-state index contributed by atoms with van der Waals surface area (Å²) < 4.78 is 0. The van der Waals surface area contributed by atoms with Gasteiger partial charge in [0.25, 0.3) is 0 Å². The maximum absolute atomic E-state index is 5.66. The standard InChI is InChI=1S/C21H26N2S/c22-15-16-4-9-19(10-5-16)24-20-11-6-17(7-12-20)21-13-8-18-3-1-2-14-23(18)21/h4-7,9-12,18,21H,1-3,8,13-15,22H2. The zero-order valence-corrected chi connectivity index (χ0v) is 15.0. The van der Waals surface area contributed by atoms with Crippen molar-refractivity contribution in [3.63, 3.8) is 0 Å². The van der Waals surface area contributed by atoms with E-state index in [-0.39, 0.29) is 0 Å². The van der Waals surface area contributed by atoms with Crippen molar-refractivity contribution in [2.75, 3.05) is 6.54 Å². The second-order valence-corrected chi connectivity index (χ2v) is 8.15. The number of hydrogen-bond acceptors (Lipinski definition) is 3. The fourth-order valence-corrected chi connectivity index (χ4v) is 5.02. The number of rotatable bonds is 4. The maximum atomic E-state index is 5.66. The molecule has 24 heavy (non-hydrogen) atoms. The van der Waals surface area contributed by atoms with Gasteiger partial charge in [0.05, 0.1) is 0 Å². The minimum atomic E-state index is 0.610. The molecular formula is C21H26N2S. The first-order chi connectivity index (χ1) is 11.8. The van der Waals surface area contributed by atoms with Gasteiger partial charge in [-0.1, -0.05) is 42.4 Å². The molecular weight excluding hydrogens is 312 g/mol. The van der Waals surface area contributed by atoms with Gasteiger partial charge in [-0.15, -0.1) is 0 Å². The highest BCUT2D eigenvalue weighted by Crippen LogP contribution is 2.40. The number of benzene rings is 2. The molecule has 0 aromatic heterocycles. The molecule has 0 bridgehead atoms. The Labute approximate surface area is 149 Å². The lowest BCUT2D eigenvalue weighted by Gasteiger charge is -2.34. The lowest BCUT2D eigenvalue weighted by atomic mass is 10.0. The van der Waals surface area contributed by atoms with Crippen molar-refractivity contribution in [2.24, 2.45) is 5.73 Å². The van der Waals surface area contributed by atoms with E-state index < -0.39 is 0 Å². The Hall–Kier alpha value is -1.29. The van der Waals surface area contributed by atoms with Gasteiger partial charge in [-0.25, -0.2) is 0 Å². The molecule has 4 rings (SSSR count). The number of nitrogens with two attached hydrogens (primary N) is 1. The third-order valence-electron chi connectivity index (χ3n) is 5.51. The Balaban J connectivity index is 1.44. The summed E-state index contributed by atoms with van der Waals surface area (Å²) in [5.74, 6) is 0. The highest BCUT2D eigenvalue weighted by Gasteiger charge is 2.35. The van der Waals surface area contributed by atoms with Gasteiger partial charge in [-0.2, -0.15) is 0 Å². The summed E-state index contributed by atoms with van der Waals surface area (Å²) in [5.41, 5.74) is 8.35. The van der Waals surface area contributed by atoms with E-state index >= 15 is 0 Å². The van der Waals surface area contributed by atoms with Crippen molar-refractivity contribution in [3.05, 3.63) is 59.7 Å². The Morgan fingerprint density at radius 3 is 2.29 bits per heavy atom. The third-order valence-corrected chi connectivity index (χ3v) is 6.52. The molecule has 0 spiro atoms. The lowest BCUT2D eigenvalue weighted by molar-refractivity contribution is 0.150. The van der Waals surface area contributed by atoms with Gasteiger partial charge in [-0.05, 0) is 67.6 Å². The van der Waals surface area contributed by atoms with Crippen LogP contribution in [0.2, 0.25) is 0 Å².